The van der Waals surface area contributed by atoms with Gasteiger partial charge in [-0.3, -0.25) is 0 Å². The molecule has 1 N–H and O–H groups in total. The van der Waals surface area contributed by atoms with Crippen molar-refractivity contribution in [3.63, 3.8) is 0 Å². The van der Waals surface area contributed by atoms with Crippen LogP contribution in [0.25, 0.3) is 10.2 Å². The lowest BCUT2D eigenvalue weighted by Crippen LogP contribution is -2.16. The minimum atomic E-state index is 0. The summed E-state index contributed by atoms with van der Waals surface area (Å²) in [5, 5.41) is 4.77. The maximum atomic E-state index is 4.44. The predicted octanol–water partition coefficient (Wildman–Crippen LogP) is 2.97. The highest BCUT2D eigenvalue weighted by Crippen LogP contribution is 2.38. The lowest BCUT2D eigenvalue weighted by atomic mass is 10.2. The Morgan fingerprint density at radius 3 is 2.95 bits per heavy atom. The molecule has 4 nitrogen and oxygen atoms in total. The van der Waals surface area contributed by atoms with E-state index in [9.17, 15) is 0 Å². The fourth-order valence-corrected chi connectivity index (χ4v) is 3.89. The molecule has 0 aliphatic heterocycles. The molecule has 0 atom stereocenters. The van der Waals surface area contributed by atoms with Crippen molar-refractivity contribution in [1.29, 1.82) is 0 Å². The van der Waals surface area contributed by atoms with E-state index in [1.165, 1.54) is 35.1 Å². The van der Waals surface area contributed by atoms with Gasteiger partial charge in [0, 0.05) is 11.4 Å². The van der Waals surface area contributed by atoms with Crippen LogP contribution < -0.4 is 5.32 Å². The predicted molar refractivity (Wildman–Crippen MR) is 88.3 cm³/mol. The Hall–Kier alpha value is -0.910. The van der Waals surface area contributed by atoms with Crippen LogP contribution in [0.4, 0.5) is 5.82 Å². The number of fused-ring (bicyclic) bond motifs is 3. The van der Waals surface area contributed by atoms with Gasteiger partial charge in [-0.05, 0) is 51.9 Å². The number of rotatable bonds is 5. The first-order valence-corrected chi connectivity index (χ1v) is 7.71. The Balaban J connectivity index is 0.00000147. The van der Waals surface area contributed by atoms with E-state index in [-0.39, 0.29) is 12.4 Å². The molecular formula is C14H21ClN4S. The number of anilines is 1. The van der Waals surface area contributed by atoms with Crippen molar-refractivity contribution in [2.24, 2.45) is 0 Å². The average Bonchev–Trinajstić information content (AvgIpc) is 2.94. The Bertz CT molecular complexity index is 582. The molecule has 20 heavy (non-hydrogen) atoms. The summed E-state index contributed by atoms with van der Waals surface area (Å²) in [4.78, 5) is 13.7. The Kier molecular flexibility index (Phi) is 5.18. The third-order valence-corrected chi connectivity index (χ3v) is 4.78. The van der Waals surface area contributed by atoms with E-state index >= 15 is 0 Å². The van der Waals surface area contributed by atoms with Crippen molar-refractivity contribution in [2.75, 3.05) is 32.5 Å². The Morgan fingerprint density at radius 1 is 1.30 bits per heavy atom. The molecule has 1 aliphatic carbocycles. The van der Waals surface area contributed by atoms with Gasteiger partial charge in [-0.2, -0.15) is 0 Å². The molecule has 2 heterocycles. The van der Waals surface area contributed by atoms with Gasteiger partial charge in [-0.1, -0.05) is 0 Å². The quantitative estimate of drug-likeness (QED) is 0.862. The molecule has 0 saturated carbocycles. The van der Waals surface area contributed by atoms with Gasteiger partial charge >= 0.3 is 0 Å². The minimum absolute atomic E-state index is 0. The van der Waals surface area contributed by atoms with E-state index in [1.54, 1.807) is 6.33 Å². The average molecular weight is 313 g/mol. The second kappa shape index (κ2) is 6.70. The van der Waals surface area contributed by atoms with Gasteiger partial charge in [0.25, 0.3) is 0 Å². The first-order valence-electron chi connectivity index (χ1n) is 6.89. The van der Waals surface area contributed by atoms with Crippen LogP contribution in [0, 0.1) is 0 Å². The fourth-order valence-electron chi connectivity index (χ4n) is 2.66. The highest BCUT2D eigenvalue weighted by Gasteiger charge is 2.20. The van der Waals surface area contributed by atoms with Crippen molar-refractivity contribution in [3.8, 4) is 0 Å². The van der Waals surface area contributed by atoms with Crippen LogP contribution in [-0.2, 0) is 12.8 Å². The normalized spacial score (nSPS) is 13.6. The number of hydrogen-bond acceptors (Lipinski definition) is 5. The van der Waals surface area contributed by atoms with Crippen molar-refractivity contribution < 1.29 is 0 Å². The molecule has 0 bridgehead atoms. The maximum absolute atomic E-state index is 4.44. The number of aryl methyl sites for hydroxylation is 2. The van der Waals surface area contributed by atoms with Gasteiger partial charge in [0.2, 0.25) is 0 Å². The molecule has 1 aliphatic rings. The zero-order valence-corrected chi connectivity index (χ0v) is 13.6. The highest BCUT2D eigenvalue weighted by atomic mass is 35.5. The number of aromatic nitrogens is 2. The number of nitrogens with one attached hydrogen (secondary N) is 1. The van der Waals surface area contributed by atoms with Crippen LogP contribution in [0.15, 0.2) is 6.33 Å². The van der Waals surface area contributed by atoms with Crippen molar-refractivity contribution in [3.05, 3.63) is 16.8 Å². The summed E-state index contributed by atoms with van der Waals surface area (Å²) < 4.78 is 0. The minimum Gasteiger partial charge on any atom is -0.369 e. The number of halogens is 1. The Labute approximate surface area is 130 Å². The molecule has 0 amide bonds. The van der Waals surface area contributed by atoms with Gasteiger partial charge in [-0.25, -0.2) is 9.97 Å². The van der Waals surface area contributed by atoms with Crippen LogP contribution in [0.5, 0.6) is 0 Å². The van der Waals surface area contributed by atoms with Crippen LogP contribution in [0.3, 0.4) is 0 Å². The fraction of sp³-hybridized carbons (Fsp3) is 0.571. The second-order valence-corrected chi connectivity index (χ2v) is 6.43. The van der Waals surface area contributed by atoms with E-state index in [0.29, 0.717) is 0 Å². The van der Waals surface area contributed by atoms with E-state index in [0.717, 1.165) is 30.2 Å². The van der Waals surface area contributed by atoms with Crippen molar-refractivity contribution >= 4 is 39.8 Å². The summed E-state index contributed by atoms with van der Waals surface area (Å²) in [7, 11) is 4.21. The van der Waals surface area contributed by atoms with Gasteiger partial charge < -0.3 is 10.2 Å². The number of thiophene rings is 1. The molecule has 6 heteroatoms. The molecule has 0 radical (unpaired) electrons. The van der Waals surface area contributed by atoms with Gasteiger partial charge in [0.05, 0.1) is 5.39 Å². The summed E-state index contributed by atoms with van der Waals surface area (Å²) >= 11 is 1.85. The topological polar surface area (TPSA) is 41.0 Å². The third kappa shape index (κ3) is 3.05. The standard InChI is InChI=1S/C14H20N4S.ClH/c1-18(2)8-4-7-15-13-12-10-5-3-6-11(10)19-14(12)17-9-16-13;/h9H,3-8H2,1-2H3,(H,15,16,17);1H. The van der Waals surface area contributed by atoms with Crippen LogP contribution in [-0.4, -0.2) is 42.1 Å². The summed E-state index contributed by atoms with van der Waals surface area (Å²) in [6.07, 6.45) is 6.50. The highest BCUT2D eigenvalue weighted by molar-refractivity contribution is 7.19. The lowest BCUT2D eigenvalue weighted by molar-refractivity contribution is 0.405. The largest absolute Gasteiger partial charge is 0.369 e. The molecule has 110 valence electrons. The molecule has 2 aromatic rings. The third-order valence-electron chi connectivity index (χ3n) is 3.58. The molecule has 0 spiro atoms. The second-order valence-electron chi connectivity index (χ2n) is 5.34. The smallest absolute Gasteiger partial charge is 0.138 e. The summed E-state index contributed by atoms with van der Waals surface area (Å²) in [5.41, 5.74) is 1.50. The number of hydrogen-bond donors (Lipinski definition) is 1. The first kappa shape index (κ1) is 15.5. The van der Waals surface area contributed by atoms with Gasteiger partial charge in [0.1, 0.15) is 17.0 Å². The molecule has 0 saturated heterocycles. The van der Waals surface area contributed by atoms with Gasteiger partial charge in [0.15, 0.2) is 0 Å². The van der Waals surface area contributed by atoms with Crippen LogP contribution in [0.2, 0.25) is 0 Å². The summed E-state index contributed by atoms with van der Waals surface area (Å²) in [5.74, 6) is 1.03. The zero-order valence-electron chi connectivity index (χ0n) is 12.0. The first-order chi connectivity index (χ1) is 9.25. The monoisotopic (exact) mass is 312 g/mol. The zero-order chi connectivity index (χ0) is 13.2. The van der Waals surface area contributed by atoms with Crippen LogP contribution in [0.1, 0.15) is 23.3 Å². The number of nitrogens with zero attached hydrogens (tertiary/aromatic N) is 3. The van der Waals surface area contributed by atoms with Crippen molar-refractivity contribution in [2.45, 2.75) is 25.7 Å². The lowest BCUT2D eigenvalue weighted by Gasteiger charge is -2.11. The molecule has 0 unspecified atom stereocenters. The molecule has 2 aromatic heterocycles. The summed E-state index contributed by atoms with van der Waals surface area (Å²) in [6.45, 7) is 2.07. The Morgan fingerprint density at radius 2 is 2.15 bits per heavy atom. The van der Waals surface area contributed by atoms with E-state index in [2.05, 4.69) is 34.3 Å². The maximum Gasteiger partial charge on any atom is 0.138 e. The summed E-state index contributed by atoms with van der Waals surface area (Å²) in [6, 6.07) is 0. The molecule has 0 aromatic carbocycles. The van der Waals surface area contributed by atoms with Crippen LogP contribution >= 0.6 is 23.7 Å². The SMILES string of the molecule is CN(C)CCCNc1ncnc2sc3c(c12)CCC3.Cl. The van der Waals surface area contributed by atoms with Gasteiger partial charge in [-0.15, -0.1) is 23.7 Å². The molecule has 3 rings (SSSR count). The molecular weight excluding hydrogens is 292 g/mol. The van der Waals surface area contributed by atoms with E-state index in [1.807, 2.05) is 11.3 Å². The molecule has 0 fully saturated rings. The van der Waals surface area contributed by atoms with E-state index < -0.39 is 0 Å². The van der Waals surface area contributed by atoms with E-state index in [4.69, 9.17) is 0 Å². The van der Waals surface area contributed by atoms with Crippen molar-refractivity contribution in [1.82, 2.24) is 14.9 Å².